The standard InChI is InChI=1S/C21H35N3O2/c1-4-26-15-13-21(11-5-6-12-21)17-24-20(22-2)23-14-10-18-8-7-9-19(16-18)25-3/h7-9,16H,4-6,10-15,17H2,1-3H3,(H2,22,23,24). The zero-order valence-electron chi connectivity index (χ0n) is 16.6. The van der Waals surface area contributed by atoms with E-state index in [1.54, 1.807) is 7.11 Å². The van der Waals surface area contributed by atoms with Crippen molar-refractivity contribution in [3.05, 3.63) is 29.8 Å². The van der Waals surface area contributed by atoms with Crippen LogP contribution >= 0.6 is 0 Å². The minimum absolute atomic E-state index is 0.361. The molecule has 0 aromatic heterocycles. The molecule has 0 spiro atoms. The zero-order valence-corrected chi connectivity index (χ0v) is 16.6. The minimum Gasteiger partial charge on any atom is -0.497 e. The maximum Gasteiger partial charge on any atom is 0.191 e. The number of guanidine groups is 1. The average Bonchev–Trinajstić information content (AvgIpc) is 3.14. The van der Waals surface area contributed by atoms with Crippen LogP contribution in [0.2, 0.25) is 0 Å². The van der Waals surface area contributed by atoms with Crippen LogP contribution in [0.5, 0.6) is 5.75 Å². The predicted octanol–water partition coefficient (Wildman–Crippen LogP) is 3.39. The van der Waals surface area contributed by atoms with Gasteiger partial charge in [-0.2, -0.15) is 0 Å². The van der Waals surface area contributed by atoms with Crippen molar-refractivity contribution in [2.45, 2.75) is 45.4 Å². The van der Waals surface area contributed by atoms with Crippen LogP contribution in [0, 0.1) is 5.41 Å². The quantitative estimate of drug-likeness (QED) is 0.381. The number of aliphatic imine (C=N–C) groups is 1. The van der Waals surface area contributed by atoms with E-state index in [1.165, 1.54) is 31.2 Å². The molecule has 1 aromatic carbocycles. The van der Waals surface area contributed by atoms with Crippen LogP contribution in [0.4, 0.5) is 0 Å². The van der Waals surface area contributed by atoms with Crippen molar-refractivity contribution in [1.29, 1.82) is 0 Å². The number of benzene rings is 1. The summed E-state index contributed by atoms with van der Waals surface area (Å²) >= 11 is 0. The normalized spacial score (nSPS) is 16.5. The van der Waals surface area contributed by atoms with Gasteiger partial charge in [0.1, 0.15) is 5.75 Å². The molecular weight excluding hydrogens is 326 g/mol. The van der Waals surface area contributed by atoms with E-state index in [2.05, 4.69) is 34.7 Å². The van der Waals surface area contributed by atoms with E-state index >= 15 is 0 Å². The third-order valence-electron chi connectivity index (χ3n) is 5.34. The van der Waals surface area contributed by atoms with E-state index in [1.807, 2.05) is 19.2 Å². The number of methoxy groups -OCH3 is 1. The largest absolute Gasteiger partial charge is 0.497 e. The van der Waals surface area contributed by atoms with Gasteiger partial charge < -0.3 is 20.1 Å². The summed E-state index contributed by atoms with van der Waals surface area (Å²) in [6, 6.07) is 8.21. The molecule has 0 aliphatic heterocycles. The number of ether oxygens (including phenoxy) is 2. The van der Waals surface area contributed by atoms with E-state index in [4.69, 9.17) is 9.47 Å². The smallest absolute Gasteiger partial charge is 0.191 e. The Morgan fingerprint density at radius 3 is 2.73 bits per heavy atom. The summed E-state index contributed by atoms with van der Waals surface area (Å²) in [6.07, 6.45) is 7.30. The summed E-state index contributed by atoms with van der Waals surface area (Å²) in [5.41, 5.74) is 1.62. The van der Waals surface area contributed by atoms with Gasteiger partial charge in [-0.05, 0) is 55.7 Å². The summed E-state index contributed by atoms with van der Waals surface area (Å²) in [5, 5.41) is 6.98. The molecule has 0 saturated heterocycles. The molecule has 1 fully saturated rings. The lowest BCUT2D eigenvalue weighted by Crippen LogP contribution is -2.44. The Labute approximate surface area is 158 Å². The Morgan fingerprint density at radius 1 is 1.23 bits per heavy atom. The molecule has 0 unspecified atom stereocenters. The molecule has 0 bridgehead atoms. The van der Waals surface area contributed by atoms with Gasteiger partial charge >= 0.3 is 0 Å². The Balaban J connectivity index is 1.77. The van der Waals surface area contributed by atoms with Crippen LogP contribution in [0.15, 0.2) is 29.3 Å². The molecule has 26 heavy (non-hydrogen) atoms. The van der Waals surface area contributed by atoms with Gasteiger partial charge in [-0.1, -0.05) is 25.0 Å². The molecule has 0 atom stereocenters. The lowest BCUT2D eigenvalue weighted by atomic mass is 9.83. The molecular formula is C21H35N3O2. The summed E-state index contributed by atoms with van der Waals surface area (Å²) in [7, 11) is 3.54. The van der Waals surface area contributed by atoms with Crippen molar-refractivity contribution in [2.75, 3.05) is 40.5 Å². The molecule has 5 nitrogen and oxygen atoms in total. The van der Waals surface area contributed by atoms with Crippen LogP contribution < -0.4 is 15.4 Å². The molecule has 1 aliphatic rings. The van der Waals surface area contributed by atoms with Gasteiger partial charge in [0, 0.05) is 33.4 Å². The molecule has 1 aliphatic carbocycles. The highest BCUT2D eigenvalue weighted by molar-refractivity contribution is 5.79. The number of hydrogen-bond acceptors (Lipinski definition) is 3. The molecule has 0 heterocycles. The molecule has 1 aromatic rings. The predicted molar refractivity (Wildman–Crippen MR) is 108 cm³/mol. The summed E-state index contributed by atoms with van der Waals surface area (Å²) in [6.45, 7) is 5.54. The van der Waals surface area contributed by atoms with Gasteiger partial charge in [0.05, 0.1) is 7.11 Å². The lowest BCUT2D eigenvalue weighted by Gasteiger charge is -2.30. The molecule has 5 heteroatoms. The fourth-order valence-electron chi connectivity index (χ4n) is 3.72. The molecule has 2 N–H and O–H groups in total. The number of nitrogens with one attached hydrogen (secondary N) is 2. The van der Waals surface area contributed by atoms with Gasteiger partial charge in [0.25, 0.3) is 0 Å². The van der Waals surface area contributed by atoms with Gasteiger partial charge in [0.2, 0.25) is 0 Å². The van der Waals surface area contributed by atoms with E-state index < -0.39 is 0 Å². The highest BCUT2D eigenvalue weighted by Crippen LogP contribution is 2.40. The number of hydrogen-bond donors (Lipinski definition) is 2. The Kier molecular flexibility index (Phi) is 8.75. The average molecular weight is 362 g/mol. The lowest BCUT2D eigenvalue weighted by molar-refractivity contribution is 0.105. The third-order valence-corrected chi connectivity index (χ3v) is 5.34. The van der Waals surface area contributed by atoms with Crippen molar-refractivity contribution in [3.63, 3.8) is 0 Å². The molecule has 146 valence electrons. The van der Waals surface area contributed by atoms with Crippen molar-refractivity contribution < 1.29 is 9.47 Å². The first-order valence-electron chi connectivity index (χ1n) is 9.86. The Bertz CT molecular complexity index is 554. The van der Waals surface area contributed by atoms with E-state index in [0.717, 1.165) is 50.9 Å². The maximum atomic E-state index is 5.60. The zero-order chi connectivity index (χ0) is 18.7. The maximum absolute atomic E-state index is 5.60. The highest BCUT2D eigenvalue weighted by Gasteiger charge is 2.33. The summed E-state index contributed by atoms with van der Waals surface area (Å²) in [5.74, 6) is 1.79. The van der Waals surface area contributed by atoms with Crippen LogP contribution in [0.3, 0.4) is 0 Å². The van der Waals surface area contributed by atoms with Gasteiger partial charge in [-0.15, -0.1) is 0 Å². The van der Waals surface area contributed by atoms with Gasteiger partial charge in [-0.25, -0.2) is 0 Å². The first-order valence-corrected chi connectivity index (χ1v) is 9.86. The fraction of sp³-hybridized carbons (Fsp3) is 0.667. The first-order chi connectivity index (χ1) is 12.7. The van der Waals surface area contributed by atoms with Crippen molar-refractivity contribution in [2.24, 2.45) is 10.4 Å². The molecule has 2 rings (SSSR count). The van der Waals surface area contributed by atoms with E-state index in [0.29, 0.717) is 5.41 Å². The van der Waals surface area contributed by atoms with Crippen LogP contribution in [0.25, 0.3) is 0 Å². The topological polar surface area (TPSA) is 54.9 Å². The number of rotatable bonds is 10. The second kappa shape index (κ2) is 11.1. The third kappa shape index (κ3) is 6.52. The number of nitrogens with zero attached hydrogens (tertiary/aromatic N) is 1. The van der Waals surface area contributed by atoms with E-state index in [-0.39, 0.29) is 0 Å². The SMILES string of the molecule is CCOCCC1(CNC(=NC)NCCc2cccc(OC)c2)CCCC1. The minimum atomic E-state index is 0.361. The Morgan fingerprint density at radius 2 is 2.04 bits per heavy atom. The van der Waals surface area contributed by atoms with Crippen molar-refractivity contribution >= 4 is 5.96 Å². The van der Waals surface area contributed by atoms with Crippen LogP contribution in [-0.4, -0.2) is 46.4 Å². The van der Waals surface area contributed by atoms with E-state index in [9.17, 15) is 0 Å². The van der Waals surface area contributed by atoms with Crippen molar-refractivity contribution in [3.8, 4) is 5.75 Å². The van der Waals surface area contributed by atoms with Crippen LogP contribution in [0.1, 0.15) is 44.6 Å². The van der Waals surface area contributed by atoms with Crippen LogP contribution in [-0.2, 0) is 11.2 Å². The highest BCUT2D eigenvalue weighted by atomic mass is 16.5. The second-order valence-electron chi connectivity index (χ2n) is 7.11. The van der Waals surface area contributed by atoms with Gasteiger partial charge in [-0.3, -0.25) is 4.99 Å². The summed E-state index contributed by atoms with van der Waals surface area (Å²) in [4.78, 5) is 4.38. The molecule has 0 amide bonds. The summed E-state index contributed by atoms with van der Waals surface area (Å²) < 4.78 is 10.9. The van der Waals surface area contributed by atoms with Crippen molar-refractivity contribution in [1.82, 2.24) is 10.6 Å². The molecule has 0 radical (unpaired) electrons. The Hall–Kier alpha value is -1.75. The van der Waals surface area contributed by atoms with Gasteiger partial charge in [0.15, 0.2) is 5.96 Å². The first kappa shape index (κ1) is 20.6. The second-order valence-corrected chi connectivity index (χ2v) is 7.11. The molecule has 1 saturated carbocycles. The monoisotopic (exact) mass is 361 g/mol. The fourth-order valence-corrected chi connectivity index (χ4v) is 3.72.